The van der Waals surface area contributed by atoms with Crippen molar-refractivity contribution in [2.24, 2.45) is 11.1 Å². The number of aliphatic hydroxyl groups is 1. The van der Waals surface area contributed by atoms with Crippen molar-refractivity contribution in [2.45, 2.75) is 95.4 Å². The molecule has 0 aromatic heterocycles. The summed E-state index contributed by atoms with van der Waals surface area (Å²) >= 11 is 12.7. The Bertz CT molecular complexity index is 1160. The summed E-state index contributed by atoms with van der Waals surface area (Å²) in [6, 6.07) is 11.5. The molecule has 2 aromatic carbocycles. The highest BCUT2D eigenvalue weighted by Gasteiger charge is 2.62. The molecule has 0 bridgehead atoms. The van der Waals surface area contributed by atoms with Crippen LogP contribution in [0.5, 0.6) is 0 Å². The van der Waals surface area contributed by atoms with E-state index in [4.69, 9.17) is 28.9 Å². The van der Waals surface area contributed by atoms with Crippen molar-refractivity contribution < 1.29 is 14.3 Å². The summed E-state index contributed by atoms with van der Waals surface area (Å²) in [5.41, 5.74) is 7.03. The number of rotatable bonds is 7. The third-order valence-electron chi connectivity index (χ3n) is 8.68. The first kappa shape index (κ1) is 30.3. The molecule has 1 amide bonds. The maximum Gasteiger partial charge on any atom is 0.238 e. The Hall–Kier alpha value is -1.70. The van der Waals surface area contributed by atoms with Gasteiger partial charge < -0.3 is 16.2 Å². The number of nitrogens with two attached hydrogens (primary N) is 1. The van der Waals surface area contributed by atoms with E-state index < -0.39 is 23.2 Å². The number of halogens is 3. The average Bonchev–Trinajstić information content (AvgIpc) is 3.14. The first-order valence-electron chi connectivity index (χ1n) is 14.1. The lowest BCUT2D eigenvalue weighted by Crippen LogP contribution is -2.52. The molecule has 0 unspecified atom stereocenters. The minimum atomic E-state index is -0.923. The summed E-state index contributed by atoms with van der Waals surface area (Å²) in [5, 5.41) is 14.2. The summed E-state index contributed by atoms with van der Waals surface area (Å²) in [4.78, 5) is 16.5. The predicted molar refractivity (Wildman–Crippen MR) is 157 cm³/mol. The summed E-state index contributed by atoms with van der Waals surface area (Å²) in [5.74, 6) is -0.970. The molecule has 1 aliphatic heterocycles. The normalized spacial score (nSPS) is 29.9. The van der Waals surface area contributed by atoms with E-state index in [2.05, 4.69) is 31.0 Å². The molecule has 2 aliphatic rings. The molecule has 1 aliphatic carbocycles. The molecule has 2 aromatic rings. The molecule has 8 heteroatoms. The van der Waals surface area contributed by atoms with Crippen LogP contribution in [0.25, 0.3) is 0 Å². The van der Waals surface area contributed by atoms with Crippen LogP contribution in [0.3, 0.4) is 0 Å². The Morgan fingerprint density at radius 3 is 2.36 bits per heavy atom. The second kappa shape index (κ2) is 12.0. The van der Waals surface area contributed by atoms with Crippen LogP contribution in [0.15, 0.2) is 42.5 Å². The number of amides is 1. The van der Waals surface area contributed by atoms with E-state index in [1.165, 1.54) is 6.07 Å². The van der Waals surface area contributed by atoms with Gasteiger partial charge in [0, 0.05) is 40.0 Å². The van der Waals surface area contributed by atoms with Gasteiger partial charge in [-0.15, -0.1) is 0 Å². The van der Waals surface area contributed by atoms with E-state index in [-0.39, 0.29) is 36.1 Å². The van der Waals surface area contributed by atoms with Crippen molar-refractivity contribution in [3.63, 3.8) is 0 Å². The van der Waals surface area contributed by atoms with Gasteiger partial charge in [-0.05, 0) is 79.5 Å². The monoisotopic (exact) mass is 577 g/mol. The van der Waals surface area contributed by atoms with Crippen molar-refractivity contribution in [2.75, 3.05) is 13.1 Å². The third-order valence-corrected chi connectivity index (χ3v) is 9.15. The Morgan fingerprint density at radius 1 is 1.13 bits per heavy atom. The van der Waals surface area contributed by atoms with Crippen molar-refractivity contribution in [3.8, 4) is 0 Å². The van der Waals surface area contributed by atoms with Crippen molar-refractivity contribution >= 4 is 29.1 Å². The number of aliphatic hydroxyl groups excluding tert-OH is 1. The van der Waals surface area contributed by atoms with Crippen LogP contribution >= 0.6 is 23.2 Å². The minimum absolute atomic E-state index is 0.0131. The fourth-order valence-electron chi connectivity index (χ4n) is 7.04. The van der Waals surface area contributed by atoms with Crippen LogP contribution in [-0.2, 0) is 10.2 Å². The predicted octanol–water partition coefficient (Wildman–Crippen LogP) is 6.04. The van der Waals surface area contributed by atoms with E-state index in [9.17, 15) is 9.90 Å². The topological polar surface area (TPSA) is 78.6 Å². The van der Waals surface area contributed by atoms with Gasteiger partial charge in [-0.3, -0.25) is 9.69 Å². The van der Waals surface area contributed by atoms with E-state index in [0.717, 1.165) is 18.4 Å². The highest BCUT2D eigenvalue weighted by molar-refractivity contribution is 6.30. The molecule has 0 radical (unpaired) electrons. The van der Waals surface area contributed by atoms with E-state index in [1.54, 1.807) is 18.2 Å². The number of hydrogen-bond acceptors (Lipinski definition) is 4. The van der Waals surface area contributed by atoms with Crippen LogP contribution < -0.4 is 11.1 Å². The average molecular weight is 579 g/mol. The first-order valence-corrected chi connectivity index (χ1v) is 14.8. The Balaban J connectivity index is 1.93. The SMILES string of the molecule is CCN1[C@@H](CC(C)(C)C)[C@](CN)(c2ccc(Cl)cc2F)[C@@H](c2cccc(Cl)c2)[C@@H]1C(=O)NC1CCC(O)CC1. The van der Waals surface area contributed by atoms with Crippen LogP contribution in [0.2, 0.25) is 10.0 Å². The summed E-state index contributed by atoms with van der Waals surface area (Å²) < 4.78 is 16.0. The summed E-state index contributed by atoms with van der Waals surface area (Å²) in [7, 11) is 0. The Labute approximate surface area is 242 Å². The first-order chi connectivity index (χ1) is 18.4. The fourth-order valence-corrected chi connectivity index (χ4v) is 7.40. The van der Waals surface area contributed by atoms with Crippen molar-refractivity contribution in [1.29, 1.82) is 0 Å². The third kappa shape index (κ3) is 6.15. The van der Waals surface area contributed by atoms with Crippen molar-refractivity contribution in [1.82, 2.24) is 10.2 Å². The zero-order valence-corrected chi connectivity index (χ0v) is 24.9. The van der Waals surface area contributed by atoms with Gasteiger partial charge in [0.1, 0.15) is 5.82 Å². The molecule has 1 saturated carbocycles. The molecule has 1 heterocycles. The van der Waals surface area contributed by atoms with Crippen molar-refractivity contribution in [3.05, 3.63) is 69.5 Å². The molecule has 39 heavy (non-hydrogen) atoms. The zero-order chi connectivity index (χ0) is 28.5. The second-order valence-corrected chi connectivity index (χ2v) is 13.3. The number of hydrogen-bond donors (Lipinski definition) is 3. The van der Waals surface area contributed by atoms with E-state index in [0.29, 0.717) is 41.4 Å². The highest BCUT2D eigenvalue weighted by atomic mass is 35.5. The molecule has 5 nitrogen and oxygen atoms in total. The minimum Gasteiger partial charge on any atom is -0.393 e. The number of carbonyl (C=O) groups is 1. The number of benzene rings is 2. The number of likely N-dealkylation sites (N-methyl/N-ethyl adjacent to an activating group) is 1. The van der Waals surface area contributed by atoms with Gasteiger partial charge in [-0.1, -0.05) is 69.1 Å². The van der Waals surface area contributed by atoms with E-state index >= 15 is 4.39 Å². The smallest absolute Gasteiger partial charge is 0.238 e. The maximum absolute atomic E-state index is 16.0. The fraction of sp³-hybridized carbons (Fsp3) is 0.581. The molecular weight excluding hydrogens is 536 g/mol. The van der Waals surface area contributed by atoms with Crippen LogP contribution in [-0.4, -0.2) is 53.2 Å². The lowest BCUT2D eigenvalue weighted by atomic mass is 9.62. The second-order valence-electron chi connectivity index (χ2n) is 12.5. The zero-order valence-electron chi connectivity index (χ0n) is 23.4. The van der Waals surface area contributed by atoms with Gasteiger partial charge in [0.05, 0.1) is 12.1 Å². The molecule has 0 spiro atoms. The number of nitrogens with one attached hydrogen (secondary N) is 1. The lowest BCUT2D eigenvalue weighted by Gasteiger charge is -2.43. The van der Waals surface area contributed by atoms with Gasteiger partial charge >= 0.3 is 0 Å². The summed E-state index contributed by atoms with van der Waals surface area (Å²) in [6.07, 6.45) is 3.18. The van der Waals surface area contributed by atoms with Gasteiger partial charge in [0.2, 0.25) is 5.91 Å². The quantitative estimate of drug-likeness (QED) is 0.374. The van der Waals surface area contributed by atoms with Gasteiger partial charge in [0.15, 0.2) is 0 Å². The maximum atomic E-state index is 16.0. The molecule has 4 atom stereocenters. The van der Waals surface area contributed by atoms with Gasteiger partial charge in [-0.2, -0.15) is 0 Å². The Morgan fingerprint density at radius 2 is 1.79 bits per heavy atom. The largest absolute Gasteiger partial charge is 0.393 e. The van der Waals surface area contributed by atoms with E-state index in [1.807, 2.05) is 25.1 Å². The van der Waals surface area contributed by atoms with Gasteiger partial charge in [0.25, 0.3) is 0 Å². The molecule has 4 N–H and O–H groups in total. The van der Waals surface area contributed by atoms with Crippen LogP contribution in [0, 0.1) is 11.2 Å². The lowest BCUT2D eigenvalue weighted by molar-refractivity contribution is -0.127. The van der Waals surface area contributed by atoms with Crippen LogP contribution in [0.4, 0.5) is 4.39 Å². The number of likely N-dealkylation sites (tertiary alicyclic amines) is 1. The molecule has 4 rings (SSSR count). The Kier molecular flexibility index (Phi) is 9.34. The molecule has 214 valence electrons. The molecular formula is C31H42Cl2FN3O2. The standard InChI is InChI=1S/C31H42Cl2FN3O2/c1-5-37-26(17-30(2,3)4)31(18-35,24-14-9-21(33)16-25(24)34)27(19-7-6-8-20(32)15-19)28(37)29(39)36-22-10-12-23(38)13-11-22/h6-9,14-16,22-23,26-28,38H,5,10-13,17-18,35H2,1-4H3,(H,36,39)/t22?,23?,26-,27-,28+,31-/m0/s1. The van der Waals surface area contributed by atoms with Gasteiger partial charge in [-0.25, -0.2) is 4.39 Å². The molecule has 2 fully saturated rings. The number of nitrogens with zero attached hydrogens (tertiary/aromatic N) is 1. The molecule has 1 saturated heterocycles. The highest BCUT2D eigenvalue weighted by Crippen LogP contribution is 2.56. The number of carbonyl (C=O) groups excluding carboxylic acids is 1. The summed E-state index contributed by atoms with van der Waals surface area (Å²) in [6.45, 7) is 9.27. The van der Waals surface area contributed by atoms with Crippen LogP contribution in [0.1, 0.15) is 76.8 Å².